The van der Waals surface area contributed by atoms with Crippen molar-refractivity contribution in [2.24, 2.45) is 11.8 Å². The molecule has 0 bridgehead atoms. The number of rotatable bonds is 11. The Kier molecular flexibility index (Phi) is 9.10. The van der Waals surface area contributed by atoms with Gasteiger partial charge in [-0.05, 0) is 80.4 Å². The number of ether oxygens (including phenoxy) is 1. The van der Waals surface area contributed by atoms with E-state index in [2.05, 4.69) is 19.9 Å². The van der Waals surface area contributed by atoms with E-state index in [0.717, 1.165) is 71.9 Å². The molecule has 8 heteroatoms. The Morgan fingerprint density at radius 3 is 2.88 bits per heavy atom. The van der Waals surface area contributed by atoms with Crippen LogP contribution in [-0.4, -0.2) is 69.2 Å². The molecule has 1 unspecified atom stereocenters. The van der Waals surface area contributed by atoms with Gasteiger partial charge >= 0.3 is 0 Å². The number of hydrogen-bond donors (Lipinski definition) is 2. The monoisotopic (exact) mass is 482 g/mol. The molecule has 4 rings (SSSR count). The van der Waals surface area contributed by atoms with Crippen molar-refractivity contribution in [1.82, 2.24) is 19.9 Å². The molecule has 2 N–H and O–H groups in total. The second-order valence-electron chi connectivity index (χ2n) is 8.91. The SMILES string of the molecule is COc1ccc2nccc(C(O)CC[C@@H]3CCN(CCCSc4cnccn4)C[C@@H]3CO)c2c1. The maximum Gasteiger partial charge on any atom is 0.119 e. The van der Waals surface area contributed by atoms with Crippen molar-refractivity contribution < 1.29 is 14.9 Å². The number of aliphatic hydroxyl groups is 2. The Morgan fingerprint density at radius 2 is 2.09 bits per heavy atom. The molecule has 3 aromatic rings. The molecule has 1 aromatic carbocycles. The molecule has 0 spiro atoms. The number of hydrogen-bond acceptors (Lipinski definition) is 8. The first-order chi connectivity index (χ1) is 16.7. The summed E-state index contributed by atoms with van der Waals surface area (Å²) in [5.74, 6) is 2.45. The molecular formula is C26H34N4O3S. The molecule has 7 nitrogen and oxygen atoms in total. The van der Waals surface area contributed by atoms with Gasteiger partial charge in [-0.15, -0.1) is 11.8 Å². The van der Waals surface area contributed by atoms with Crippen LogP contribution in [0.3, 0.4) is 0 Å². The first kappa shape index (κ1) is 24.9. The van der Waals surface area contributed by atoms with Gasteiger partial charge in [0.2, 0.25) is 0 Å². The summed E-state index contributed by atoms with van der Waals surface area (Å²) in [6.07, 6.45) is 10.1. The van der Waals surface area contributed by atoms with Crippen molar-refractivity contribution in [3.05, 3.63) is 54.6 Å². The number of aliphatic hydroxyl groups excluding tert-OH is 2. The number of aromatic nitrogens is 3. The number of fused-ring (bicyclic) bond motifs is 1. The fourth-order valence-corrected chi connectivity index (χ4v) is 5.62. The van der Waals surface area contributed by atoms with E-state index in [-0.39, 0.29) is 12.5 Å². The lowest BCUT2D eigenvalue weighted by Crippen LogP contribution is -2.42. The summed E-state index contributed by atoms with van der Waals surface area (Å²) in [4.78, 5) is 15.3. The van der Waals surface area contributed by atoms with Crippen LogP contribution in [0, 0.1) is 11.8 Å². The predicted octanol–water partition coefficient (Wildman–Crippen LogP) is 3.96. The molecule has 0 amide bonds. The van der Waals surface area contributed by atoms with Crippen LogP contribution in [0.25, 0.3) is 10.9 Å². The molecule has 0 aliphatic carbocycles. The van der Waals surface area contributed by atoms with Crippen LogP contribution in [0.5, 0.6) is 5.75 Å². The molecule has 1 fully saturated rings. The molecule has 1 aliphatic rings. The lowest BCUT2D eigenvalue weighted by molar-refractivity contribution is 0.0581. The lowest BCUT2D eigenvalue weighted by Gasteiger charge is -2.38. The van der Waals surface area contributed by atoms with Crippen LogP contribution in [-0.2, 0) is 0 Å². The van der Waals surface area contributed by atoms with Crippen LogP contribution >= 0.6 is 11.8 Å². The summed E-state index contributed by atoms with van der Waals surface area (Å²) < 4.78 is 5.36. The normalized spacial score (nSPS) is 19.9. The zero-order valence-electron chi connectivity index (χ0n) is 19.7. The first-order valence-electron chi connectivity index (χ1n) is 12.0. The van der Waals surface area contributed by atoms with Crippen LogP contribution in [0.4, 0.5) is 0 Å². The average molecular weight is 483 g/mol. The highest BCUT2D eigenvalue weighted by atomic mass is 32.2. The van der Waals surface area contributed by atoms with E-state index in [1.807, 2.05) is 24.3 Å². The number of benzene rings is 1. The zero-order valence-corrected chi connectivity index (χ0v) is 20.5. The average Bonchev–Trinajstić information content (AvgIpc) is 2.89. The predicted molar refractivity (Wildman–Crippen MR) is 135 cm³/mol. The Bertz CT molecular complexity index is 1040. The molecule has 34 heavy (non-hydrogen) atoms. The quantitative estimate of drug-likeness (QED) is 0.313. The molecule has 2 aromatic heterocycles. The van der Waals surface area contributed by atoms with E-state index in [0.29, 0.717) is 12.3 Å². The van der Waals surface area contributed by atoms with Crippen LogP contribution in [0.2, 0.25) is 0 Å². The smallest absolute Gasteiger partial charge is 0.119 e. The van der Waals surface area contributed by atoms with Gasteiger partial charge in [-0.1, -0.05) is 0 Å². The van der Waals surface area contributed by atoms with E-state index in [1.165, 1.54) is 0 Å². The summed E-state index contributed by atoms with van der Waals surface area (Å²) in [6.45, 7) is 3.19. The molecule has 0 saturated carbocycles. The molecule has 182 valence electrons. The Balaban J connectivity index is 1.26. The van der Waals surface area contributed by atoms with Crippen LogP contribution in [0.15, 0.2) is 54.1 Å². The summed E-state index contributed by atoms with van der Waals surface area (Å²) in [6, 6.07) is 7.66. The lowest BCUT2D eigenvalue weighted by atomic mass is 9.81. The van der Waals surface area contributed by atoms with Crippen molar-refractivity contribution in [2.75, 3.05) is 39.1 Å². The Morgan fingerprint density at radius 1 is 1.18 bits per heavy atom. The van der Waals surface area contributed by atoms with E-state index in [9.17, 15) is 10.2 Å². The van der Waals surface area contributed by atoms with Gasteiger partial charge in [0, 0.05) is 42.9 Å². The molecule has 1 aliphatic heterocycles. The summed E-state index contributed by atoms with van der Waals surface area (Å²) in [7, 11) is 1.64. The van der Waals surface area contributed by atoms with Gasteiger partial charge in [0.15, 0.2) is 0 Å². The molecule has 3 atom stereocenters. The third-order valence-electron chi connectivity index (χ3n) is 6.77. The number of pyridine rings is 1. The number of likely N-dealkylation sites (tertiary alicyclic amines) is 1. The molecule has 1 saturated heterocycles. The topological polar surface area (TPSA) is 91.6 Å². The van der Waals surface area contributed by atoms with Crippen molar-refractivity contribution in [2.45, 2.75) is 36.8 Å². The van der Waals surface area contributed by atoms with Gasteiger partial charge in [-0.2, -0.15) is 0 Å². The summed E-state index contributed by atoms with van der Waals surface area (Å²) >= 11 is 1.74. The highest BCUT2D eigenvalue weighted by Gasteiger charge is 2.29. The zero-order chi connectivity index (χ0) is 23.8. The summed E-state index contributed by atoms with van der Waals surface area (Å²) in [5, 5.41) is 23.0. The van der Waals surface area contributed by atoms with Gasteiger partial charge in [0.05, 0.1) is 24.9 Å². The fourth-order valence-electron chi connectivity index (χ4n) is 4.86. The van der Waals surface area contributed by atoms with Gasteiger partial charge in [-0.25, -0.2) is 4.98 Å². The Hall–Kier alpha value is -2.26. The molecular weight excluding hydrogens is 448 g/mol. The molecule has 3 heterocycles. The van der Waals surface area contributed by atoms with E-state index in [4.69, 9.17) is 4.74 Å². The Labute approximate surface area is 205 Å². The minimum atomic E-state index is -0.562. The maximum absolute atomic E-state index is 11.0. The van der Waals surface area contributed by atoms with Crippen LogP contribution in [0.1, 0.15) is 37.4 Å². The fraction of sp³-hybridized carbons (Fsp3) is 0.500. The maximum atomic E-state index is 11.0. The van der Waals surface area contributed by atoms with E-state index >= 15 is 0 Å². The van der Waals surface area contributed by atoms with Crippen molar-refractivity contribution in [3.63, 3.8) is 0 Å². The van der Waals surface area contributed by atoms with Gasteiger partial charge < -0.3 is 19.8 Å². The third kappa shape index (κ3) is 6.44. The van der Waals surface area contributed by atoms with E-state index < -0.39 is 6.10 Å². The van der Waals surface area contributed by atoms with Crippen molar-refractivity contribution in [3.8, 4) is 5.75 Å². The largest absolute Gasteiger partial charge is 0.497 e. The highest BCUT2D eigenvalue weighted by molar-refractivity contribution is 7.99. The van der Waals surface area contributed by atoms with Crippen molar-refractivity contribution >= 4 is 22.7 Å². The summed E-state index contributed by atoms with van der Waals surface area (Å²) in [5.41, 5.74) is 1.75. The minimum absolute atomic E-state index is 0.195. The van der Waals surface area contributed by atoms with Gasteiger partial charge in [0.25, 0.3) is 0 Å². The number of piperidine rings is 1. The minimum Gasteiger partial charge on any atom is -0.497 e. The van der Waals surface area contributed by atoms with E-state index in [1.54, 1.807) is 43.7 Å². The number of methoxy groups -OCH3 is 1. The van der Waals surface area contributed by atoms with Crippen LogP contribution < -0.4 is 4.74 Å². The standard InChI is InChI=1S/C26H34N4O3S/c1-33-21-4-5-24-23(15-21)22(7-9-28-24)25(32)6-3-19-8-13-30(17-20(19)18-31)12-2-14-34-26-16-27-10-11-29-26/h4-5,7,9-11,15-16,19-20,25,31-32H,2-3,6,8,12-14,17-18H2,1H3/t19-,20-,25?/m1/s1. The van der Waals surface area contributed by atoms with Gasteiger partial charge in [-0.3, -0.25) is 9.97 Å². The number of thioether (sulfide) groups is 1. The third-order valence-corrected chi connectivity index (χ3v) is 7.77. The molecule has 0 radical (unpaired) electrons. The first-order valence-corrected chi connectivity index (χ1v) is 13.0. The second kappa shape index (κ2) is 12.4. The second-order valence-corrected chi connectivity index (χ2v) is 10.0. The number of nitrogens with zero attached hydrogens (tertiary/aromatic N) is 4. The van der Waals surface area contributed by atoms with Crippen molar-refractivity contribution in [1.29, 1.82) is 0 Å². The van der Waals surface area contributed by atoms with Gasteiger partial charge in [0.1, 0.15) is 10.8 Å². The highest BCUT2D eigenvalue weighted by Crippen LogP contribution is 2.33.